The minimum atomic E-state index is -0.912. The Kier molecular flexibility index (Phi) is 5.28. The molecule has 0 bridgehead atoms. The van der Waals surface area contributed by atoms with Gasteiger partial charge in [0.1, 0.15) is 0 Å². The van der Waals surface area contributed by atoms with Crippen molar-refractivity contribution in [3.63, 3.8) is 0 Å². The van der Waals surface area contributed by atoms with Crippen molar-refractivity contribution < 1.29 is 9.90 Å². The number of halogens is 2. The van der Waals surface area contributed by atoms with Crippen LogP contribution in [0.15, 0.2) is 6.07 Å². The molecule has 3 rings (SSSR count). The third kappa shape index (κ3) is 3.66. The fourth-order valence-corrected chi connectivity index (χ4v) is 4.49. The molecule has 0 aliphatic heterocycles. The number of amides is 2. The van der Waals surface area contributed by atoms with E-state index in [1.807, 2.05) is 0 Å². The maximum Gasteiger partial charge on any atom is 0.319 e. The number of carbonyl (C=O) groups is 1. The molecule has 0 spiro atoms. The quantitative estimate of drug-likeness (QED) is 0.709. The number of anilines is 1. The van der Waals surface area contributed by atoms with Crippen LogP contribution in [0.4, 0.5) is 10.5 Å². The second-order valence-corrected chi connectivity index (χ2v) is 7.95. The maximum atomic E-state index is 12.1. The fraction of sp³-hybridized carbons (Fsp3) is 0.611. The number of aliphatic hydroxyl groups is 1. The monoisotopic (exact) mass is 370 g/mol. The minimum absolute atomic E-state index is 0.290. The van der Waals surface area contributed by atoms with E-state index in [0.29, 0.717) is 35.1 Å². The van der Waals surface area contributed by atoms with Gasteiger partial charge in [0.15, 0.2) is 0 Å². The molecule has 1 atom stereocenters. The predicted octanol–water partition coefficient (Wildman–Crippen LogP) is 4.85. The molecule has 24 heavy (non-hydrogen) atoms. The van der Waals surface area contributed by atoms with Crippen LogP contribution in [-0.4, -0.2) is 17.7 Å². The highest BCUT2D eigenvalue weighted by Gasteiger charge is 2.35. The number of fused-ring (bicyclic) bond motifs is 1. The van der Waals surface area contributed by atoms with Gasteiger partial charge in [-0.2, -0.15) is 0 Å². The zero-order valence-electron chi connectivity index (χ0n) is 13.9. The molecule has 4 nitrogen and oxygen atoms in total. The highest BCUT2D eigenvalue weighted by molar-refractivity contribution is 6.40. The molecule has 1 aromatic carbocycles. The lowest BCUT2D eigenvalue weighted by molar-refractivity contribution is 0.0595. The van der Waals surface area contributed by atoms with Crippen LogP contribution < -0.4 is 10.6 Å². The Hall–Kier alpha value is -0.970. The van der Waals surface area contributed by atoms with Gasteiger partial charge in [0.25, 0.3) is 0 Å². The summed E-state index contributed by atoms with van der Waals surface area (Å²) in [7, 11) is 0. The molecular formula is C18H24Cl2N2O2. The van der Waals surface area contributed by atoms with E-state index in [4.69, 9.17) is 23.2 Å². The number of hydrogen-bond donors (Lipinski definition) is 3. The summed E-state index contributed by atoms with van der Waals surface area (Å²) in [6, 6.07) is 1.42. The molecule has 1 fully saturated rings. The van der Waals surface area contributed by atoms with Gasteiger partial charge in [-0.15, -0.1) is 0 Å². The van der Waals surface area contributed by atoms with Crippen molar-refractivity contribution in [2.24, 2.45) is 5.92 Å². The second-order valence-electron chi connectivity index (χ2n) is 7.17. The average molecular weight is 371 g/mol. The van der Waals surface area contributed by atoms with Crippen molar-refractivity contribution in [1.82, 2.24) is 5.32 Å². The Labute approximate surface area is 152 Å². The van der Waals surface area contributed by atoms with Crippen LogP contribution in [-0.2, 0) is 12.0 Å². The summed E-state index contributed by atoms with van der Waals surface area (Å²) >= 11 is 12.7. The van der Waals surface area contributed by atoms with Gasteiger partial charge in [-0.3, -0.25) is 0 Å². The van der Waals surface area contributed by atoms with Gasteiger partial charge in [0.2, 0.25) is 0 Å². The molecular weight excluding hydrogens is 347 g/mol. The molecule has 2 aliphatic carbocycles. The van der Waals surface area contributed by atoms with Crippen molar-refractivity contribution in [3.8, 4) is 0 Å². The Morgan fingerprint density at radius 1 is 1.38 bits per heavy atom. The van der Waals surface area contributed by atoms with Gasteiger partial charge in [-0.25, -0.2) is 4.79 Å². The second kappa shape index (κ2) is 7.11. The van der Waals surface area contributed by atoms with Crippen molar-refractivity contribution >= 4 is 34.9 Å². The molecule has 3 N–H and O–H groups in total. The predicted molar refractivity (Wildman–Crippen MR) is 98.0 cm³/mol. The molecule has 0 radical (unpaired) electrons. The van der Waals surface area contributed by atoms with Crippen LogP contribution in [0.5, 0.6) is 0 Å². The van der Waals surface area contributed by atoms with E-state index in [9.17, 15) is 9.90 Å². The lowest BCUT2D eigenvalue weighted by Crippen LogP contribution is -2.30. The van der Waals surface area contributed by atoms with E-state index in [1.54, 1.807) is 13.0 Å². The van der Waals surface area contributed by atoms with E-state index >= 15 is 0 Å². The van der Waals surface area contributed by atoms with E-state index in [1.165, 1.54) is 25.7 Å². The zero-order valence-corrected chi connectivity index (χ0v) is 15.4. The normalized spacial score (nSPS) is 23.3. The van der Waals surface area contributed by atoms with Gasteiger partial charge >= 0.3 is 6.03 Å². The lowest BCUT2D eigenvalue weighted by atomic mass is 9.98. The van der Waals surface area contributed by atoms with E-state index in [2.05, 4.69) is 10.6 Å². The summed E-state index contributed by atoms with van der Waals surface area (Å²) in [5.41, 5.74) is 1.13. The number of rotatable bonds is 4. The molecule has 6 heteroatoms. The van der Waals surface area contributed by atoms with Crippen LogP contribution >= 0.6 is 23.2 Å². The number of urea groups is 1. The third-order valence-corrected chi connectivity index (χ3v) is 6.03. The van der Waals surface area contributed by atoms with Crippen LogP contribution in [0, 0.1) is 5.92 Å². The van der Waals surface area contributed by atoms with Crippen LogP contribution in [0.25, 0.3) is 0 Å². The minimum Gasteiger partial charge on any atom is -0.385 e. The first-order chi connectivity index (χ1) is 11.4. The largest absolute Gasteiger partial charge is 0.385 e. The SMILES string of the molecule is CC1(O)CCc2c1cc(Cl)c(NC(=O)NCCC1CCCC1)c2Cl. The Morgan fingerprint density at radius 2 is 2.08 bits per heavy atom. The molecule has 1 unspecified atom stereocenters. The Morgan fingerprint density at radius 3 is 2.79 bits per heavy atom. The number of benzene rings is 1. The van der Waals surface area contributed by atoms with E-state index in [0.717, 1.165) is 23.5 Å². The summed E-state index contributed by atoms with van der Waals surface area (Å²) in [5.74, 6) is 0.736. The number of hydrogen-bond acceptors (Lipinski definition) is 2. The Bertz CT molecular complexity index is 640. The summed E-state index contributed by atoms with van der Waals surface area (Å²) in [4.78, 5) is 12.1. The maximum absolute atomic E-state index is 12.1. The lowest BCUT2D eigenvalue weighted by Gasteiger charge is -2.20. The third-order valence-electron chi connectivity index (χ3n) is 5.31. The smallest absolute Gasteiger partial charge is 0.319 e. The van der Waals surface area contributed by atoms with Crippen LogP contribution in [0.1, 0.15) is 56.6 Å². The van der Waals surface area contributed by atoms with Gasteiger partial charge < -0.3 is 15.7 Å². The van der Waals surface area contributed by atoms with E-state index < -0.39 is 5.60 Å². The van der Waals surface area contributed by atoms with Gasteiger partial charge in [-0.05, 0) is 49.3 Å². The summed E-state index contributed by atoms with van der Waals surface area (Å²) < 4.78 is 0. The van der Waals surface area contributed by atoms with E-state index in [-0.39, 0.29) is 6.03 Å². The van der Waals surface area contributed by atoms with Crippen LogP contribution in [0.3, 0.4) is 0 Å². The number of nitrogens with one attached hydrogen (secondary N) is 2. The zero-order chi connectivity index (χ0) is 17.3. The molecule has 1 aromatic rings. The van der Waals surface area contributed by atoms with Crippen LogP contribution in [0.2, 0.25) is 10.0 Å². The first-order valence-corrected chi connectivity index (χ1v) is 9.42. The summed E-state index contributed by atoms with van der Waals surface area (Å²) in [6.07, 6.45) is 7.45. The Balaban J connectivity index is 1.63. The molecule has 0 heterocycles. The van der Waals surface area contributed by atoms with Gasteiger partial charge in [0.05, 0.1) is 21.3 Å². The van der Waals surface area contributed by atoms with Crippen molar-refractivity contribution in [3.05, 3.63) is 27.2 Å². The molecule has 0 aromatic heterocycles. The van der Waals surface area contributed by atoms with Gasteiger partial charge in [-0.1, -0.05) is 48.9 Å². The molecule has 132 valence electrons. The fourth-order valence-electron chi connectivity index (χ4n) is 3.85. The van der Waals surface area contributed by atoms with Crippen molar-refractivity contribution in [2.75, 3.05) is 11.9 Å². The topological polar surface area (TPSA) is 61.4 Å². The molecule has 2 amide bonds. The highest BCUT2D eigenvalue weighted by Crippen LogP contribution is 2.45. The van der Waals surface area contributed by atoms with Gasteiger partial charge in [0, 0.05) is 6.54 Å². The molecule has 0 saturated heterocycles. The summed E-state index contributed by atoms with van der Waals surface area (Å²) in [6.45, 7) is 2.42. The molecule has 1 saturated carbocycles. The van der Waals surface area contributed by atoms with Crippen molar-refractivity contribution in [1.29, 1.82) is 0 Å². The highest BCUT2D eigenvalue weighted by atomic mass is 35.5. The summed E-state index contributed by atoms with van der Waals surface area (Å²) in [5, 5.41) is 16.8. The number of carbonyl (C=O) groups excluding carboxylic acids is 1. The average Bonchev–Trinajstić information content (AvgIpc) is 3.12. The van der Waals surface area contributed by atoms with Crippen molar-refractivity contribution in [2.45, 2.75) is 57.5 Å². The standard InChI is InChI=1S/C18H24Cl2N2O2/c1-18(24)8-6-12-13(18)10-14(19)16(15(12)20)22-17(23)21-9-7-11-4-2-3-5-11/h10-11,24H,2-9H2,1H3,(H2,21,22,23). The molecule has 2 aliphatic rings. The first kappa shape index (κ1) is 17.8. The first-order valence-electron chi connectivity index (χ1n) is 8.67.